The fourth-order valence-corrected chi connectivity index (χ4v) is 4.02. The van der Waals surface area contributed by atoms with Gasteiger partial charge in [0.1, 0.15) is 6.61 Å². The van der Waals surface area contributed by atoms with Crippen molar-refractivity contribution < 1.29 is 17.9 Å². The van der Waals surface area contributed by atoms with Crippen LogP contribution in [0.5, 0.6) is 0 Å². The number of amides is 1. The average Bonchev–Trinajstić information content (AvgIpc) is 2.54. The molecule has 0 spiro atoms. The summed E-state index contributed by atoms with van der Waals surface area (Å²) in [4.78, 5) is 12.3. The van der Waals surface area contributed by atoms with E-state index in [1.165, 1.54) is 4.31 Å². The highest BCUT2D eigenvalue weighted by molar-refractivity contribution is 7.87. The van der Waals surface area contributed by atoms with Crippen molar-refractivity contribution in [3.63, 3.8) is 0 Å². The van der Waals surface area contributed by atoms with Gasteiger partial charge < -0.3 is 10.1 Å². The number of carbonyl (C=O) groups excluding carboxylic acids is 1. The Labute approximate surface area is 137 Å². The largest absolute Gasteiger partial charge is 0.444 e. The van der Waals surface area contributed by atoms with Crippen LogP contribution < -0.4 is 5.32 Å². The predicted molar refractivity (Wildman–Crippen MR) is 87.0 cm³/mol. The Morgan fingerprint density at radius 2 is 1.87 bits per heavy atom. The SMILES string of the molecule is CC(C)N(C(=O)OCc1ccccc1)S(=O)(=O)N1CCNCC1. The fraction of sp³-hybridized carbons (Fsp3) is 0.533. The molecule has 1 aromatic rings. The molecular weight excluding hydrogens is 318 g/mol. The van der Waals surface area contributed by atoms with Crippen molar-refractivity contribution in [3.05, 3.63) is 35.9 Å². The summed E-state index contributed by atoms with van der Waals surface area (Å²) in [6, 6.07) is 8.65. The minimum atomic E-state index is -3.87. The van der Waals surface area contributed by atoms with Gasteiger partial charge in [0.25, 0.3) is 0 Å². The van der Waals surface area contributed by atoms with Crippen LogP contribution in [0.15, 0.2) is 30.3 Å². The third-order valence-electron chi connectivity index (χ3n) is 3.50. The number of nitrogens with one attached hydrogen (secondary N) is 1. The van der Waals surface area contributed by atoms with Crippen molar-refractivity contribution in [1.29, 1.82) is 0 Å². The van der Waals surface area contributed by atoms with Crippen LogP contribution in [0.3, 0.4) is 0 Å². The van der Waals surface area contributed by atoms with E-state index in [4.69, 9.17) is 4.74 Å². The molecule has 1 heterocycles. The third kappa shape index (κ3) is 4.43. The lowest BCUT2D eigenvalue weighted by atomic mass is 10.2. The van der Waals surface area contributed by atoms with Gasteiger partial charge in [-0.3, -0.25) is 0 Å². The number of carbonyl (C=O) groups is 1. The van der Waals surface area contributed by atoms with Gasteiger partial charge in [0, 0.05) is 32.2 Å². The minimum Gasteiger partial charge on any atom is -0.444 e. The van der Waals surface area contributed by atoms with E-state index in [1.54, 1.807) is 13.8 Å². The molecule has 1 fully saturated rings. The monoisotopic (exact) mass is 341 g/mol. The van der Waals surface area contributed by atoms with Crippen LogP contribution >= 0.6 is 0 Å². The van der Waals surface area contributed by atoms with E-state index in [0.717, 1.165) is 9.87 Å². The molecule has 8 heteroatoms. The molecule has 0 unspecified atom stereocenters. The summed E-state index contributed by atoms with van der Waals surface area (Å²) in [5.41, 5.74) is 0.809. The molecule has 1 aromatic carbocycles. The summed E-state index contributed by atoms with van der Waals surface area (Å²) < 4.78 is 32.7. The Bertz CT molecular complexity index is 613. The standard InChI is InChI=1S/C15H23N3O4S/c1-13(2)18(23(20,21)17-10-8-16-9-11-17)15(19)22-12-14-6-4-3-5-7-14/h3-7,13,16H,8-12H2,1-2H3. The number of piperazine rings is 1. The lowest BCUT2D eigenvalue weighted by molar-refractivity contribution is 0.110. The molecule has 0 atom stereocenters. The molecule has 0 aromatic heterocycles. The molecule has 1 N–H and O–H groups in total. The molecule has 0 aliphatic carbocycles. The van der Waals surface area contributed by atoms with Crippen LogP contribution in [-0.2, 0) is 21.6 Å². The van der Waals surface area contributed by atoms with Gasteiger partial charge in [-0.05, 0) is 19.4 Å². The van der Waals surface area contributed by atoms with Crippen molar-refractivity contribution in [2.24, 2.45) is 0 Å². The van der Waals surface area contributed by atoms with Crippen molar-refractivity contribution in [3.8, 4) is 0 Å². The first-order valence-electron chi connectivity index (χ1n) is 7.64. The summed E-state index contributed by atoms with van der Waals surface area (Å²) in [6.07, 6.45) is -0.845. The van der Waals surface area contributed by atoms with Crippen LogP contribution in [0.4, 0.5) is 4.79 Å². The maximum atomic E-state index is 12.7. The van der Waals surface area contributed by atoms with E-state index in [0.29, 0.717) is 26.2 Å². The molecule has 7 nitrogen and oxygen atoms in total. The number of benzene rings is 1. The number of ether oxygens (including phenoxy) is 1. The van der Waals surface area contributed by atoms with Crippen LogP contribution in [0, 0.1) is 0 Å². The quantitative estimate of drug-likeness (QED) is 0.870. The molecule has 1 aliphatic heterocycles. The molecule has 0 radical (unpaired) electrons. The lowest BCUT2D eigenvalue weighted by Crippen LogP contribution is -2.55. The highest BCUT2D eigenvalue weighted by atomic mass is 32.2. The smallest absolute Gasteiger partial charge is 0.425 e. The first kappa shape index (κ1) is 17.7. The van der Waals surface area contributed by atoms with Gasteiger partial charge in [-0.25, -0.2) is 4.79 Å². The maximum Gasteiger partial charge on any atom is 0.425 e. The Morgan fingerprint density at radius 3 is 2.43 bits per heavy atom. The van der Waals surface area contributed by atoms with Crippen molar-refractivity contribution in [2.45, 2.75) is 26.5 Å². The summed E-state index contributed by atoms with van der Waals surface area (Å²) in [6.45, 7) is 5.19. The van der Waals surface area contributed by atoms with Crippen molar-refractivity contribution >= 4 is 16.3 Å². The van der Waals surface area contributed by atoms with E-state index in [1.807, 2.05) is 30.3 Å². The van der Waals surface area contributed by atoms with Gasteiger partial charge >= 0.3 is 16.3 Å². The zero-order chi connectivity index (χ0) is 16.9. The number of nitrogens with zero attached hydrogens (tertiary/aromatic N) is 2. The second-order valence-corrected chi connectivity index (χ2v) is 7.39. The molecule has 128 valence electrons. The second kappa shape index (κ2) is 7.76. The van der Waals surface area contributed by atoms with E-state index in [-0.39, 0.29) is 6.61 Å². The van der Waals surface area contributed by atoms with Gasteiger partial charge in [0.05, 0.1) is 0 Å². The molecule has 0 saturated carbocycles. The number of hydrogen-bond acceptors (Lipinski definition) is 5. The van der Waals surface area contributed by atoms with Gasteiger partial charge in [0.15, 0.2) is 0 Å². The van der Waals surface area contributed by atoms with E-state index >= 15 is 0 Å². The maximum absolute atomic E-state index is 12.7. The van der Waals surface area contributed by atoms with Gasteiger partial charge in [-0.15, -0.1) is 0 Å². The van der Waals surface area contributed by atoms with Crippen LogP contribution in [-0.4, -0.2) is 55.3 Å². The third-order valence-corrected chi connectivity index (χ3v) is 5.59. The summed E-state index contributed by atoms with van der Waals surface area (Å²) in [5.74, 6) is 0. The first-order chi connectivity index (χ1) is 10.9. The predicted octanol–water partition coefficient (Wildman–Crippen LogP) is 1.18. The van der Waals surface area contributed by atoms with E-state index in [2.05, 4.69) is 5.32 Å². The van der Waals surface area contributed by atoms with Gasteiger partial charge in [-0.2, -0.15) is 17.0 Å². The van der Waals surface area contributed by atoms with Crippen LogP contribution in [0.1, 0.15) is 19.4 Å². The Balaban J connectivity index is 2.09. The van der Waals surface area contributed by atoms with Crippen molar-refractivity contribution in [2.75, 3.05) is 26.2 Å². The summed E-state index contributed by atoms with van der Waals surface area (Å²) in [7, 11) is -3.87. The van der Waals surface area contributed by atoms with Crippen LogP contribution in [0.25, 0.3) is 0 Å². The van der Waals surface area contributed by atoms with E-state index < -0.39 is 22.3 Å². The zero-order valence-corrected chi connectivity index (χ0v) is 14.3. The normalized spacial score (nSPS) is 16.3. The van der Waals surface area contributed by atoms with Gasteiger partial charge in [0.2, 0.25) is 0 Å². The summed E-state index contributed by atoms with van der Waals surface area (Å²) >= 11 is 0. The number of hydrogen-bond donors (Lipinski definition) is 1. The zero-order valence-electron chi connectivity index (χ0n) is 13.4. The highest BCUT2D eigenvalue weighted by Crippen LogP contribution is 2.16. The Morgan fingerprint density at radius 1 is 1.26 bits per heavy atom. The summed E-state index contributed by atoms with van der Waals surface area (Å²) in [5, 5.41) is 3.09. The van der Waals surface area contributed by atoms with Gasteiger partial charge in [-0.1, -0.05) is 30.3 Å². The molecule has 1 aliphatic rings. The topological polar surface area (TPSA) is 79.0 Å². The molecule has 0 bridgehead atoms. The highest BCUT2D eigenvalue weighted by Gasteiger charge is 2.37. The minimum absolute atomic E-state index is 0.0416. The van der Waals surface area contributed by atoms with Crippen molar-refractivity contribution in [1.82, 2.24) is 13.9 Å². The second-order valence-electron chi connectivity index (χ2n) is 5.59. The van der Waals surface area contributed by atoms with E-state index in [9.17, 15) is 13.2 Å². The van der Waals surface area contributed by atoms with Crippen LogP contribution in [0.2, 0.25) is 0 Å². The molecule has 23 heavy (non-hydrogen) atoms. The molecular formula is C15H23N3O4S. The lowest BCUT2D eigenvalue weighted by Gasteiger charge is -2.33. The fourth-order valence-electron chi connectivity index (χ4n) is 2.35. The molecule has 1 saturated heterocycles. The average molecular weight is 341 g/mol. The Kier molecular flexibility index (Phi) is 5.97. The first-order valence-corrected chi connectivity index (χ1v) is 9.03. The molecule has 2 rings (SSSR count). The molecule has 1 amide bonds. The Hall–Kier alpha value is -1.64. The number of rotatable bonds is 5.